The molecule has 0 aliphatic carbocycles. The highest BCUT2D eigenvalue weighted by Crippen LogP contribution is 2.30. The number of aliphatic imine (C=N–C) groups is 2. The van der Waals surface area contributed by atoms with Gasteiger partial charge in [-0.3, -0.25) is 4.79 Å². The van der Waals surface area contributed by atoms with E-state index in [1.54, 1.807) is 24.3 Å². The van der Waals surface area contributed by atoms with Crippen molar-refractivity contribution in [3.63, 3.8) is 0 Å². The lowest BCUT2D eigenvalue weighted by Gasteiger charge is -2.07. The number of rotatable bonds is 6. The Morgan fingerprint density at radius 1 is 1.21 bits per heavy atom. The molecule has 1 aromatic rings. The zero-order chi connectivity index (χ0) is 16.9. The minimum Gasteiger partial charge on any atom is -0.462 e. The van der Waals surface area contributed by atoms with Crippen LogP contribution >= 0.6 is 0 Å². The van der Waals surface area contributed by atoms with Crippen molar-refractivity contribution < 1.29 is 14.3 Å². The van der Waals surface area contributed by atoms with Gasteiger partial charge in [0, 0.05) is 5.56 Å². The first-order valence-electron chi connectivity index (χ1n) is 7.79. The van der Waals surface area contributed by atoms with Gasteiger partial charge < -0.3 is 4.74 Å². The number of hydrogen-bond acceptors (Lipinski definition) is 6. The van der Waals surface area contributed by atoms with Gasteiger partial charge in [-0.2, -0.15) is 4.99 Å². The number of benzene rings is 1. The van der Waals surface area contributed by atoms with Gasteiger partial charge in [0.05, 0.1) is 12.2 Å². The van der Waals surface area contributed by atoms with Crippen molar-refractivity contribution in [2.24, 2.45) is 20.2 Å². The summed E-state index contributed by atoms with van der Waals surface area (Å²) in [5.41, 5.74) is 1.64. The predicted molar refractivity (Wildman–Crippen MR) is 89.0 cm³/mol. The van der Waals surface area contributed by atoms with Crippen molar-refractivity contribution in [3.8, 4) is 0 Å². The molecule has 3 rings (SSSR count). The average molecular weight is 324 g/mol. The average Bonchev–Trinajstić information content (AvgIpc) is 3.04. The number of unbranched alkanes of at least 4 members (excludes halogenated alkanes) is 2. The van der Waals surface area contributed by atoms with E-state index in [1.165, 1.54) is 0 Å². The summed E-state index contributed by atoms with van der Waals surface area (Å²) in [5.74, 6) is -0.583. The summed E-state index contributed by atoms with van der Waals surface area (Å²) >= 11 is 0. The number of esters is 1. The molecule has 0 unspecified atom stereocenters. The summed E-state index contributed by atoms with van der Waals surface area (Å²) < 4.78 is 5.25. The molecule has 7 nitrogen and oxygen atoms in total. The maximum atomic E-state index is 12.1. The fraction of sp³-hybridized carbons (Fsp3) is 0.294. The number of carbonyl (C=O) groups excluding carboxylic acids is 2. The minimum absolute atomic E-state index is 0.248. The number of amidine groups is 1. The second-order valence-corrected chi connectivity index (χ2v) is 5.35. The predicted octanol–water partition coefficient (Wildman–Crippen LogP) is 3.18. The van der Waals surface area contributed by atoms with E-state index in [0.717, 1.165) is 25.6 Å². The molecule has 2 aliphatic rings. The van der Waals surface area contributed by atoms with Crippen LogP contribution < -0.4 is 0 Å². The van der Waals surface area contributed by atoms with E-state index in [4.69, 9.17) is 4.74 Å². The van der Waals surface area contributed by atoms with Crippen molar-refractivity contribution in [1.82, 2.24) is 0 Å². The Morgan fingerprint density at radius 3 is 2.92 bits per heavy atom. The monoisotopic (exact) mass is 324 g/mol. The summed E-state index contributed by atoms with van der Waals surface area (Å²) in [5, 5.41) is 7.89. The van der Waals surface area contributed by atoms with Crippen molar-refractivity contribution in [2.75, 3.05) is 6.61 Å². The molecular formula is C17H16N4O3. The molecular weight excluding hydrogens is 308 g/mol. The van der Waals surface area contributed by atoms with E-state index in [2.05, 4.69) is 27.1 Å². The molecule has 24 heavy (non-hydrogen) atoms. The number of nitrogens with zero attached hydrogens (tertiary/aromatic N) is 4. The van der Waals surface area contributed by atoms with E-state index >= 15 is 0 Å². The van der Waals surface area contributed by atoms with Crippen LogP contribution in [0, 0.1) is 0 Å². The third kappa shape index (κ3) is 3.19. The van der Waals surface area contributed by atoms with Gasteiger partial charge in [0.15, 0.2) is 5.84 Å². The normalized spacial score (nSPS) is 15.5. The summed E-state index contributed by atoms with van der Waals surface area (Å²) in [6, 6.07) is 6.77. The Kier molecular flexibility index (Phi) is 4.69. The number of amides is 1. The molecule has 122 valence electrons. The molecule has 0 saturated heterocycles. The summed E-state index contributed by atoms with van der Waals surface area (Å²) in [4.78, 5) is 31.6. The molecule has 0 bridgehead atoms. The summed E-state index contributed by atoms with van der Waals surface area (Å²) in [7, 11) is 0. The molecule has 0 N–H and O–H groups in total. The van der Waals surface area contributed by atoms with Gasteiger partial charge in [0.1, 0.15) is 17.6 Å². The molecule has 0 atom stereocenters. The first-order valence-corrected chi connectivity index (χ1v) is 7.79. The first-order chi connectivity index (χ1) is 11.7. The number of hydrogen-bond donors (Lipinski definition) is 0. The van der Waals surface area contributed by atoms with E-state index in [1.807, 2.05) is 0 Å². The zero-order valence-corrected chi connectivity index (χ0v) is 13.2. The smallest absolute Gasteiger partial charge is 0.338 e. The Hall–Kier alpha value is -2.96. The van der Waals surface area contributed by atoms with Crippen molar-refractivity contribution >= 4 is 29.7 Å². The summed E-state index contributed by atoms with van der Waals surface area (Å²) in [6.07, 6.45) is 4.09. The van der Waals surface area contributed by atoms with Crippen LogP contribution in [0.2, 0.25) is 0 Å². The molecule has 0 aromatic heterocycles. The van der Waals surface area contributed by atoms with Gasteiger partial charge in [-0.05, 0) is 18.6 Å². The van der Waals surface area contributed by atoms with Crippen molar-refractivity contribution in [2.45, 2.75) is 26.2 Å². The highest BCUT2D eigenvalue weighted by atomic mass is 16.5. The lowest BCUT2D eigenvalue weighted by molar-refractivity contribution is -0.113. The number of carbonyl (C=O) groups is 2. The van der Waals surface area contributed by atoms with Crippen molar-refractivity contribution in [1.29, 1.82) is 0 Å². The molecule has 2 aliphatic heterocycles. The van der Waals surface area contributed by atoms with Gasteiger partial charge in [-0.15, -0.1) is 10.2 Å². The maximum Gasteiger partial charge on any atom is 0.338 e. The molecule has 1 aromatic carbocycles. The van der Waals surface area contributed by atoms with E-state index in [9.17, 15) is 9.59 Å². The SMILES string of the molecule is CCCCCOC(=O)c1cccc(C2=C3C(=O)N=CN=C3N=N2)c1. The van der Waals surface area contributed by atoms with Crippen LogP contribution in [0.3, 0.4) is 0 Å². The van der Waals surface area contributed by atoms with Gasteiger partial charge >= 0.3 is 5.97 Å². The van der Waals surface area contributed by atoms with Gasteiger partial charge in [-0.25, -0.2) is 9.79 Å². The van der Waals surface area contributed by atoms with E-state index in [0.29, 0.717) is 23.4 Å². The molecule has 0 spiro atoms. The largest absolute Gasteiger partial charge is 0.462 e. The standard InChI is InChI=1S/C17H16N4O3/c1-2-3-4-8-24-17(23)12-7-5-6-11(9-12)14-13-15(21-20-14)18-10-19-16(13)22/h5-7,9-10H,2-4,8H2,1H3. The van der Waals surface area contributed by atoms with Crippen LogP contribution in [0.25, 0.3) is 5.70 Å². The Balaban J connectivity index is 1.81. The van der Waals surface area contributed by atoms with Crippen LogP contribution in [0.15, 0.2) is 50.1 Å². The zero-order valence-electron chi connectivity index (χ0n) is 13.2. The van der Waals surface area contributed by atoms with Crippen LogP contribution in [0.4, 0.5) is 0 Å². The van der Waals surface area contributed by atoms with E-state index < -0.39 is 11.9 Å². The summed E-state index contributed by atoms with van der Waals surface area (Å²) in [6.45, 7) is 2.49. The number of ether oxygens (including phenoxy) is 1. The van der Waals surface area contributed by atoms with Gasteiger partial charge in [0.25, 0.3) is 5.91 Å². The van der Waals surface area contributed by atoms with Gasteiger partial charge in [0.2, 0.25) is 0 Å². The van der Waals surface area contributed by atoms with Gasteiger partial charge in [-0.1, -0.05) is 31.9 Å². The van der Waals surface area contributed by atoms with Crippen LogP contribution in [-0.4, -0.2) is 30.7 Å². The maximum absolute atomic E-state index is 12.1. The lowest BCUT2D eigenvalue weighted by Crippen LogP contribution is -2.12. The highest BCUT2D eigenvalue weighted by molar-refractivity contribution is 6.31. The molecule has 2 heterocycles. The quantitative estimate of drug-likeness (QED) is 0.594. The second-order valence-electron chi connectivity index (χ2n) is 5.35. The molecule has 7 heteroatoms. The fourth-order valence-electron chi connectivity index (χ4n) is 2.39. The molecule has 0 saturated carbocycles. The van der Waals surface area contributed by atoms with Crippen LogP contribution in [-0.2, 0) is 9.53 Å². The number of fused-ring (bicyclic) bond motifs is 1. The third-order valence-corrected chi connectivity index (χ3v) is 3.63. The fourth-order valence-corrected chi connectivity index (χ4v) is 2.39. The topological polar surface area (TPSA) is 92.8 Å². The third-order valence-electron chi connectivity index (χ3n) is 3.63. The van der Waals surface area contributed by atoms with E-state index in [-0.39, 0.29) is 11.4 Å². The highest BCUT2D eigenvalue weighted by Gasteiger charge is 2.29. The Labute approximate surface area is 138 Å². The Bertz CT molecular complexity index is 806. The first kappa shape index (κ1) is 15.9. The Morgan fingerprint density at radius 2 is 2.08 bits per heavy atom. The van der Waals surface area contributed by atoms with Crippen molar-refractivity contribution in [3.05, 3.63) is 41.0 Å². The van der Waals surface area contributed by atoms with Crippen LogP contribution in [0.1, 0.15) is 42.1 Å². The minimum atomic E-state index is -0.437. The van der Waals surface area contributed by atoms with Crippen LogP contribution in [0.5, 0.6) is 0 Å². The number of azo groups is 1. The molecule has 0 radical (unpaired) electrons. The molecule has 0 fully saturated rings. The lowest BCUT2D eigenvalue weighted by atomic mass is 10.0. The molecule has 1 amide bonds. The second kappa shape index (κ2) is 7.08.